The van der Waals surface area contributed by atoms with Gasteiger partial charge >= 0.3 is 0 Å². The molecule has 2 unspecified atom stereocenters. The number of aliphatic hydroxyl groups excluding tert-OH is 1. The lowest BCUT2D eigenvalue weighted by Crippen LogP contribution is -2.48. The highest BCUT2D eigenvalue weighted by Gasteiger charge is 2.39. The highest BCUT2D eigenvalue weighted by Crippen LogP contribution is 2.32. The molecule has 1 aliphatic heterocycles. The van der Waals surface area contributed by atoms with E-state index in [1.165, 1.54) is 25.1 Å². The van der Waals surface area contributed by atoms with Gasteiger partial charge in [0.25, 0.3) is 0 Å². The van der Waals surface area contributed by atoms with Crippen molar-refractivity contribution in [2.75, 3.05) is 11.4 Å². The summed E-state index contributed by atoms with van der Waals surface area (Å²) in [7, 11) is 0. The first-order valence-corrected chi connectivity index (χ1v) is 12.8. The fourth-order valence-electron chi connectivity index (χ4n) is 5.26. The number of hydrogen-bond acceptors (Lipinski definition) is 4. The molecular formula is C31H31F2NO4. The van der Waals surface area contributed by atoms with Gasteiger partial charge in [-0.1, -0.05) is 18.2 Å². The van der Waals surface area contributed by atoms with Gasteiger partial charge in [0.05, 0.1) is 12.0 Å². The number of anilines is 1. The number of para-hydroxylation sites is 1. The second kappa shape index (κ2) is 11.8. The second-order valence-electron chi connectivity index (χ2n) is 10.1. The molecule has 7 heteroatoms. The molecule has 0 aromatic heterocycles. The zero-order valence-corrected chi connectivity index (χ0v) is 21.5. The lowest BCUT2D eigenvalue weighted by molar-refractivity contribution is -0.129. The largest absolute Gasteiger partial charge is 0.392 e. The molecule has 0 aliphatic carbocycles. The number of nitrogens with zero attached hydrogens (tertiary/aromatic N) is 1. The van der Waals surface area contributed by atoms with Crippen LogP contribution in [0.2, 0.25) is 0 Å². The highest BCUT2D eigenvalue weighted by atomic mass is 19.1. The van der Waals surface area contributed by atoms with Crippen LogP contribution in [0.1, 0.15) is 58.0 Å². The monoisotopic (exact) mass is 519 g/mol. The van der Waals surface area contributed by atoms with Crippen LogP contribution in [0.5, 0.6) is 0 Å². The van der Waals surface area contributed by atoms with Gasteiger partial charge in [-0.25, -0.2) is 8.78 Å². The average Bonchev–Trinajstić information content (AvgIpc) is 2.87. The van der Waals surface area contributed by atoms with Gasteiger partial charge in [0.1, 0.15) is 11.6 Å². The number of amides is 1. The standard InChI is InChI=1S/C31H31F2NO4/c1-19-11-22(20(2)35)16-23(12-19)29(36)17-24(13-21-14-25(32)18-26(33)15-21)30(37)28-9-6-10-34(31(28)38)27-7-4-3-5-8-27/h3-5,7-8,11-12,14-16,18,24,28,30,37H,6,9-10,13,17H2,1-2H3/t24?,28?,30-/m0/s1. The van der Waals surface area contributed by atoms with E-state index in [1.807, 2.05) is 30.3 Å². The average molecular weight is 520 g/mol. The van der Waals surface area contributed by atoms with Gasteiger partial charge in [-0.15, -0.1) is 0 Å². The Hall–Kier alpha value is -3.71. The number of Topliss-reactive ketones (excluding diaryl/α,β-unsaturated/α-hetero) is 2. The maximum absolute atomic E-state index is 14.0. The summed E-state index contributed by atoms with van der Waals surface area (Å²) in [6.45, 7) is 3.72. The smallest absolute Gasteiger partial charge is 0.232 e. The van der Waals surface area contributed by atoms with Crippen molar-refractivity contribution in [2.45, 2.75) is 45.6 Å². The summed E-state index contributed by atoms with van der Waals surface area (Å²) in [5.41, 5.74) is 2.48. The summed E-state index contributed by atoms with van der Waals surface area (Å²) in [6, 6.07) is 17.2. The molecule has 1 fully saturated rings. The number of aliphatic hydroxyl groups is 1. The third-order valence-corrected chi connectivity index (χ3v) is 7.12. The van der Waals surface area contributed by atoms with Gasteiger partial charge in [-0.3, -0.25) is 14.4 Å². The Labute approximate surface area is 221 Å². The van der Waals surface area contributed by atoms with E-state index in [-0.39, 0.29) is 35.9 Å². The van der Waals surface area contributed by atoms with E-state index >= 15 is 0 Å². The second-order valence-corrected chi connectivity index (χ2v) is 10.1. The van der Waals surface area contributed by atoms with Gasteiger partial charge in [0, 0.05) is 35.8 Å². The van der Waals surface area contributed by atoms with Gasteiger partial charge in [-0.05, 0) is 92.6 Å². The number of rotatable bonds is 9. The van der Waals surface area contributed by atoms with E-state index in [0.717, 1.165) is 17.3 Å². The molecule has 0 spiro atoms. The molecule has 3 aromatic carbocycles. The van der Waals surface area contributed by atoms with Gasteiger partial charge in [-0.2, -0.15) is 0 Å². The Kier molecular flexibility index (Phi) is 8.47. The maximum Gasteiger partial charge on any atom is 0.232 e. The topological polar surface area (TPSA) is 74.7 Å². The van der Waals surface area contributed by atoms with Crippen molar-refractivity contribution in [3.63, 3.8) is 0 Å². The van der Waals surface area contributed by atoms with E-state index in [0.29, 0.717) is 30.5 Å². The van der Waals surface area contributed by atoms with Crippen molar-refractivity contribution in [1.29, 1.82) is 0 Å². The molecule has 0 radical (unpaired) electrons. The molecule has 3 aromatic rings. The van der Waals surface area contributed by atoms with E-state index in [9.17, 15) is 28.3 Å². The van der Waals surface area contributed by atoms with E-state index < -0.39 is 29.6 Å². The number of aryl methyl sites for hydroxylation is 1. The number of halogens is 2. The van der Waals surface area contributed by atoms with Crippen molar-refractivity contribution < 1.29 is 28.3 Å². The van der Waals surface area contributed by atoms with E-state index in [1.54, 1.807) is 24.0 Å². The highest BCUT2D eigenvalue weighted by molar-refractivity contribution is 6.01. The third-order valence-electron chi connectivity index (χ3n) is 7.12. The SMILES string of the molecule is CC(=O)c1cc(C)cc(C(=O)CC(Cc2cc(F)cc(F)c2)[C@H](O)C2CCCN(c3ccccc3)C2=O)c1. The fraction of sp³-hybridized carbons (Fsp3) is 0.323. The number of benzene rings is 3. The van der Waals surface area contributed by atoms with Crippen molar-refractivity contribution in [2.24, 2.45) is 11.8 Å². The Morgan fingerprint density at radius 1 is 1.00 bits per heavy atom. The van der Waals surface area contributed by atoms with Crippen LogP contribution in [-0.4, -0.2) is 35.2 Å². The normalized spacial score (nSPS) is 17.2. The molecule has 0 saturated carbocycles. The van der Waals surface area contributed by atoms with Gasteiger partial charge < -0.3 is 10.0 Å². The molecule has 4 rings (SSSR count). The van der Waals surface area contributed by atoms with Crippen LogP contribution in [0.15, 0.2) is 66.7 Å². The van der Waals surface area contributed by atoms with Gasteiger partial charge in [0.15, 0.2) is 11.6 Å². The van der Waals surface area contributed by atoms with Crippen LogP contribution < -0.4 is 4.90 Å². The molecule has 5 nitrogen and oxygen atoms in total. The Bertz CT molecular complexity index is 1320. The lowest BCUT2D eigenvalue weighted by atomic mass is 9.78. The third kappa shape index (κ3) is 6.40. The predicted octanol–water partition coefficient (Wildman–Crippen LogP) is 5.71. The molecule has 0 bridgehead atoms. The Balaban J connectivity index is 1.64. The van der Waals surface area contributed by atoms with Crippen LogP contribution in [0.4, 0.5) is 14.5 Å². The van der Waals surface area contributed by atoms with Crippen LogP contribution in [0, 0.1) is 30.4 Å². The molecular weight excluding hydrogens is 488 g/mol. The summed E-state index contributed by atoms with van der Waals surface area (Å²) < 4.78 is 27.9. The number of piperidine rings is 1. The first kappa shape index (κ1) is 27.3. The summed E-state index contributed by atoms with van der Waals surface area (Å²) in [4.78, 5) is 40.4. The number of carbonyl (C=O) groups excluding carboxylic acids is 3. The van der Waals surface area contributed by atoms with Crippen LogP contribution >= 0.6 is 0 Å². The summed E-state index contributed by atoms with van der Waals surface area (Å²) in [5.74, 6) is -3.81. The zero-order chi connectivity index (χ0) is 27.4. The van der Waals surface area contributed by atoms with Crippen LogP contribution in [0.3, 0.4) is 0 Å². The van der Waals surface area contributed by atoms with Crippen LogP contribution in [0.25, 0.3) is 0 Å². The predicted molar refractivity (Wildman–Crippen MR) is 141 cm³/mol. The van der Waals surface area contributed by atoms with Crippen molar-refractivity contribution >= 4 is 23.2 Å². The number of carbonyl (C=O) groups is 3. The first-order chi connectivity index (χ1) is 18.1. The molecule has 1 saturated heterocycles. The quantitative estimate of drug-likeness (QED) is 0.368. The van der Waals surface area contributed by atoms with Crippen molar-refractivity contribution in [3.05, 3.63) is 101 Å². The van der Waals surface area contributed by atoms with E-state index in [2.05, 4.69) is 0 Å². The minimum Gasteiger partial charge on any atom is -0.392 e. The minimum atomic E-state index is -1.22. The number of hydrogen-bond donors (Lipinski definition) is 1. The summed E-state index contributed by atoms with van der Waals surface area (Å²) in [6.07, 6.45) is -0.277. The molecule has 38 heavy (non-hydrogen) atoms. The summed E-state index contributed by atoms with van der Waals surface area (Å²) >= 11 is 0. The number of ketones is 2. The Morgan fingerprint density at radius 3 is 2.32 bits per heavy atom. The van der Waals surface area contributed by atoms with Gasteiger partial charge in [0.2, 0.25) is 5.91 Å². The molecule has 1 aliphatic rings. The molecule has 1 N–H and O–H groups in total. The fourth-order valence-corrected chi connectivity index (χ4v) is 5.26. The van der Waals surface area contributed by atoms with Crippen LogP contribution in [-0.2, 0) is 11.2 Å². The van der Waals surface area contributed by atoms with Crippen molar-refractivity contribution in [3.8, 4) is 0 Å². The molecule has 1 amide bonds. The first-order valence-electron chi connectivity index (χ1n) is 12.8. The maximum atomic E-state index is 14.0. The summed E-state index contributed by atoms with van der Waals surface area (Å²) in [5, 5.41) is 11.5. The zero-order valence-electron chi connectivity index (χ0n) is 21.5. The molecule has 198 valence electrons. The van der Waals surface area contributed by atoms with E-state index in [4.69, 9.17) is 0 Å². The minimum absolute atomic E-state index is 0.00207. The molecule has 3 atom stereocenters. The lowest BCUT2D eigenvalue weighted by Gasteiger charge is -2.37. The Morgan fingerprint density at radius 2 is 1.66 bits per heavy atom. The van der Waals surface area contributed by atoms with Crippen molar-refractivity contribution in [1.82, 2.24) is 0 Å². The molecule has 1 heterocycles.